The number of hydrogen-bond acceptors (Lipinski definition) is 1. The van der Waals surface area contributed by atoms with Crippen molar-refractivity contribution in [2.45, 2.75) is 60.4 Å². The highest BCUT2D eigenvalue weighted by atomic mass is 14.8. The van der Waals surface area contributed by atoms with Crippen LogP contribution in [-0.4, -0.2) is 13.1 Å². The largest absolute Gasteiger partial charge is 0.317 e. The first-order valence-electron chi connectivity index (χ1n) is 6.55. The third kappa shape index (κ3) is 6.19. The summed E-state index contributed by atoms with van der Waals surface area (Å²) in [6, 6.07) is 0.647. The highest BCUT2D eigenvalue weighted by molar-refractivity contribution is 4.74. The zero-order valence-electron chi connectivity index (χ0n) is 11.8. The van der Waals surface area contributed by atoms with Gasteiger partial charge in [0.05, 0.1) is 0 Å². The molecule has 0 aromatic rings. The van der Waals surface area contributed by atoms with E-state index in [2.05, 4.69) is 53.9 Å². The highest BCUT2D eigenvalue weighted by Crippen LogP contribution is 2.30. The molecule has 1 heteroatoms. The van der Waals surface area contributed by atoms with E-state index in [9.17, 15) is 0 Å². The van der Waals surface area contributed by atoms with Gasteiger partial charge in [-0.3, -0.25) is 0 Å². The minimum atomic E-state index is 0.647. The molecule has 0 radical (unpaired) electrons. The van der Waals surface area contributed by atoms with Crippen LogP contribution in [0.1, 0.15) is 54.4 Å². The zero-order valence-corrected chi connectivity index (χ0v) is 11.8. The van der Waals surface area contributed by atoms with Gasteiger partial charge in [0.25, 0.3) is 0 Å². The quantitative estimate of drug-likeness (QED) is 0.675. The van der Waals surface area contributed by atoms with Crippen molar-refractivity contribution in [2.75, 3.05) is 7.05 Å². The first kappa shape index (κ1) is 15.0. The van der Waals surface area contributed by atoms with Crippen molar-refractivity contribution < 1.29 is 0 Å². The van der Waals surface area contributed by atoms with Gasteiger partial charge >= 0.3 is 0 Å². The van der Waals surface area contributed by atoms with Gasteiger partial charge in [0.15, 0.2) is 0 Å². The Morgan fingerprint density at radius 3 is 1.73 bits per heavy atom. The first-order valence-corrected chi connectivity index (χ1v) is 6.55. The van der Waals surface area contributed by atoms with Gasteiger partial charge in [-0.05, 0) is 50.5 Å². The van der Waals surface area contributed by atoms with Crippen molar-refractivity contribution in [3.63, 3.8) is 0 Å². The van der Waals surface area contributed by atoms with Crippen molar-refractivity contribution in [1.82, 2.24) is 5.32 Å². The minimum Gasteiger partial charge on any atom is -0.317 e. The van der Waals surface area contributed by atoms with Crippen LogP contribution in [0.5, 0.6) is 0 Å². The van der Waals surface area contributed by atoms with Crippen LogP contribution in [0.3, 0.4) is 0 Å². The smallest absolute Gasteiger partial charge is 0.00383 e. The molecule has 0 saturated heterocycles. The molecule has 0 aromatic heterocycles. The summed E-state index contributed by atoms with van der Waals surface area (Å²) in [6.07, 6.45) is 2.67. The molecule has 1 nitrogen and oxygen atoms in total. The summed E-state index contributed by atoms with van der Waals surface area (Å²) in [5, 5.41) is 3.34. The van der Waals surface area contributed by atoms with Gasteiger partial charge in [-0.15, -0.1) is 0 Å². The van der Waals surface area contributed by atoms with Gasteiger partial charge in [0, 0.05) is 6.04 Å². The van der Waals surface area contributed by atoms with Crippen molar-refractivity contribution in [1.29, 1.82) is 0 Å². The van der Waals surface area contributed by atoms with E-state index in [0.29, 0.717) is 6.04 Å². The zero-order chi connectivity index (χ0) is 12.0. The van der Waals surface area contributed by atoms with E-state index >= 15 is 0 Å². The lowest BCUT2D eigenvalue weighted by Crippen LogP contribution is -2.28. The molecule has 0 aliphatic rings. The molecular formula is C14H31N. The van der Waals surface area contributed by atoms with E-state index in [1.54, 1.807) is 0 Å². The third-order valence-electron chi connectivity index (χ3n) is 3.55. The van der Waals surface area contributed by atoms with Crippen LogP contribution < -0.4 is 5.32 Å². The summed E-state index contributed by atoms with van der Waals surface area (Å²) >= 11 is 0. The monoisotopic (exact) mass is 213 g/mol. The first-order chi connectivity index (χ1) is 6.88. The molecule has 1 N–H and O–H groups in total. The van der Waals surface area contributed by atoms with Crippen LogP contribution in [0.15, 0.2) is 0 Å². The van der Waals surface area contributed by atoms with Crippen molar-refractivity contribution in [2.24, 2.45) is 23.7 Å². The summed E-state index contributed by atoms with van der Waals surface area (Å²) in [4.78, 5) is 0. The second-order valence-corrected chi connectivity index (χ2v) is 5.94. The molecule has 0 aromatic carbocycles. The Bertz CT molecular complexity index is 151. The fraction of sp³-hybridized carbons (Fsp3) is 1.00. The number of rotatable bonds is 7. The van der Waals surface area contributed by atoms with E-state index in [4.69, 9.17) is 0 Å². The van der Waals surface area contributed by atoms with Gasteiger partial charge in [-0.2, -0.15) is 0 Å². The fourth-order valence-corrected chi connectivity index (χ4v) is 2.56. The summed E-state index contributed by atoms with van der Waals surface area (Å²) in [7, 11) is 2.06. The van der Waals surface area contributed by atoms with Gasteiger partial charge in [0.1, 0.15) is 0 Å². The van der Waals surface area contributed by atoms with Crippen LogP contribution in [0.2, 0.25) is 0 Å². The van der Waals surface area contributed by atoms with E-state index in [0.717, 1.165) is 23.7 Å². The van der Waals surface area contributed by atoms with Gasteiger partial charge < -0.3 is 5.32 Å². The van der Waals surface area contributed by atoms with E-state index in [1.807, 2.05) is 0 Å². The average Bonchev–Trinajstić information content (AvgIpc) is 2.12. The lowest BCUT2D eigenvalue weighted by Gasteiger charge is -2.30. The Labute approximate surface area is 97.0 Å². The molecule has 0 saturated carbocycles. The molecule has 0 fully saturated rings. The lowest BCUT2D eigenvalue weighted by molar-refractivity contribution is 0.206. The van der Waals surface area contributed by atoms with E-state index in [-0.39, 0.29) is 0 Å². The highest BCUT2D eigenvalue weighted by Gasteiger charge is 2.22. The van der Waals surface area contributed by atoms with Gasteiger partial charge in [0.2, 0.25) is 0 Å². The molecule has 0 heterocycles. The summed E-state index contributed by atoms with van der Waals surface area (Å²) in [6.45, 7) is 14.1. The maximum atomic E-state index is 3.34. The van der Waals surface area contributed by atoms with E-state index in [1.165, 1.54) is 12.8 Å². The Balaban J connectivity index is 4.22. The topological polar surface area (TPSA) is 12.0 Å². The fourth-order valence-electron chi connectivity index (χ4n) is 2.56. The molecule has 3 unspecified atom stereocenters. The van der Waals surface area contributed by atoms with Crippen LogP contribution in [-0.2, 0) is 0 Å². The summed E-state index contributed by atoms with van der Waals surface area (Å²) in [5.74, 6) is 3.34. The van der Waals surface area contributed by atoms with Crippen LogP contribution in [0.25, 0.3) is 0 Å². The number of nitrogens with one attached hydrogen (secondary N) is 1. The van der Waals surface area contributed by atoms with E-state index < -0.39 is 0 Å². The molecule has 3 atom stereocenters. The second kappa shape index (κ2) is 7.27. The van der Waals surface area contributed by atoms with Crippen molar-refractivity contribution in [3.05, 3.63) is 0 Å². The molecule has 0 rings (SSSR count). The molecule has 0 bridgehead atoms. The Morgan fingerprint density at radius 2 is 1.40 bits per heavy atom. The second-order valence-electron chi connectivity index (χ2n) is 5.94. The SMILES string of the molecule is CNC(C)CC(C)C(CC(C)C)C(C)C. The van der Waals surface area contributed by atoms with Crippen LogP contribution in [0.4, 0.5) is 0 Å². The van der Waals surface area contributed by atoms with Crippen molar-refractivity contribution in [3.8, 4) is 0 Å². The molecule has 0 spiro atoms. The molecule has 15 heavy (non-hydrogen) atoms. The molecule has 0 aliphatic heterocycles. The maximum Gasteiger partial charge on any atom is 0.00383 e. The summed E-state index contributed by atoms with van der Waals surface area (Å²) < 4.78 is 0. The maximum absolute atomic E-state index is 3.34. The van der Waals surface area contributed by atoms with Gasteiger partial charge in [-0.1, -0.05) is 34.6 Å². The Morgan fingerprint density at radius 1 is 0.867 bits per heavy atom. The standard InChI is InChI=1S/C14H31N/c1-10(2)8-14(11(3)4)12(5)9-13(6)15-7/h10-15H,8-9H2,1-7H3. The minimum absolute atomic E-state index is 0.647. The summed E-state index contributed by atoms with van der Waals surface area (Å²) in [5.41, 5.74) is 0. The predicted molar refractivity (Wildman–Crippen MR) is 70.1 cm³/mol. The van der Waals surface area contributed by atoms with Crippen LogP contribution in [0, 0.1) is 23.7 Å². The predicted octanol–water partition coefficient (Wildman–Crippen LogP) is 3.94. The molecule has 92 valence electrons. The molecule has 0 aliphatic carbocycles. The average molecular weight is 213 g/mol. The van der Waals surface area contributed by atoms with Crippen molar-refractivity contribution >= 4 is 0 Å². The lowest BCUT2D eigenvalue weighted by atomic mass is 9.76. The molecule has 0 amide bonds. The molecular weight excluding hydrogens is 182 g/mol. The third-order valence-corrected chi connectivity index (χ3v) is 3.55. The Hall–Kier alpha value is -0.0400. The number of hydrogen-bond donors (Lipinski definition) is 1. The normalized spacial score (nSPS) is 18.2. The van der Waals surface area contributed by atoms with Gasteiger partial charge in [-0.25, -0.2) is 0 Å². The van der Waals surface area contributed by atoms with Crippen LogP contribution >= 0.6 is 0 Å². The Kier molecular flexibility index (Phi) is 7.25.